The zero-order valence-corrected chi connectivity index (χ0v) is 11.8. The highest BCUT2D eigenvalue weighted by molar-refractivity contribution is 5.94. The predicted molar refractivity (Wildman–Crippen MR) is 78.4 cm³/mol. The molecule has 0 aliphatic carbocycles. The van der Waals surface area contributed by atoms with Gasteiger partial charge in [0.25, 0.3) is 0 Å². The molecule has 1 fully saturated rings. The quantitative estimate of drug-likeness (QED) is 0.888. The first kappa shape index (κ1) is 14.0. The Bertz CT molecular complexity index is 407. The topological polar surface area (TPSA) is 35.6 Å². The van der Waals surface area contributed by atoms with Crippen LogP contribution in [0.3, 0.4) is 0 Å². The molecule has 1 amide bonds. The Labute approximate surface area is 115 Å². The van der Waals surface area contributed by atoms with Crippen molar-refractivity contribution in [3.8, 4) is 0 Å². The molecule has 1 aliphatic heterocycles. The third-order valence-corrected chi connectivity index (χ3v) is 3.66. The van der Waals surface area contributed by atoms with E-state index in [0.29, 0.717) is 19.1 Å². The van der Waals surface area contributed by atoms with Crippen LogP contribution in [-0.2, 0) is 4.79 Å². The molecule has 1 aliphatic rings. The molecule has 0 spiro atoms. The molecular formula is C15H23N3O. The van der Waals surface area contributed by atoms with Gasteiger partial charge in [-0.05, 0) is 26.0 Å². The number of amides is 1. The lowest BCUT2D eigenvalue weighted by atomic mass is 10.2. The lowest BCUT2D eigenvalue weighted by Gasteiger charge is -2.34. The Hall–Kier alpha value is -1.39. The third kappa shape index (κ3) is 3.55. The molecule has 1 heterocycles. The Morgan fingerprint density at radius 3 is 2.79 bits per heavy atom. The second kappa shape index (κ2) is 6.68. The van der Waals surface area contributed by atoms with Gasteiger partial charge in [-0.25, -0.2) is 0 Å². The Morgan fingerprint density at radius 2 is 2.16 bits per heavy atom. The summed E-state index contributed by atoms with van der Waals surface area (Å²) in [7, 11) is 0. The molecule has 2 rings (SSSR count). The van der Waals surface area contributed by atoms with Gasteiger partial charge in [-0.3, -0.25) is 9.69 Å². The van der Waals surface area contributed by atoms with Crippen LogP contribution >= 0.6 is 0 Å². The minimum atomic E-state index is 0.183. The molecule has 1 saturated heterocycles. The molecule has 0 unspecified atom stereocenters. The molecule has 1 atom stereocenters. The SMILES string of the molecule is CCN(C(=O)CN1CCNC[C@@H]1C)c1ccccc1. The van der Waals surface area contributed by atoms with Gasteiger partial charge in [0.15, 0.2) is 0 Å². The highest BCUT2D eigenvalue weighted by Crippen LogP contribution is 2.14. The summed E-state index contributed by atoms with van der Waals surface area (Å²) in [6, 6.07) is 10.3. The van der Waals surface area contributed by atoms with Crippen LogP contribution in [0.5, 0.6) is 0 Å². The lowest BCUT2D eigenvalue weighted by molar-refractivity contribution is -0.120. The maximum absolute atomic E-state index is 12.5. The van der Waals surface area contributed by atoms with Crippen molar-refractivity contribution in [1.29, 1.82) is 0 Å². The summed E-state index contributed by atoms with van der Waals surface area (Å²) < 4.78 is 0. The average Bonchev–Trinajstić information content (AvgIpc) is 2.43. The number of para-hydroxylation sites is 1. The molecule has 19 heavy (non-hydrogen) atoms. The first-order chi connectivity index (χ1) is 9.22. The molecular weight excluding hydrogens is 238 g/mol. The number of piperazine rings is 1. The molecule has 0 radical (unpaired) electrons. The summed E-state index contributed by atoms with van der Waals surface area (Å²) >= 11 is 0. The van der Waals surface area contributed by atoms with Gasteiger partial charge in [0, 0.05) is 37.9 Å². The monoisotopic (exact) mass is 261 g/mol. The number of anilines is 1. The third-order valence-electron chi connectivity index (χ3n) is 3.66. The number of nitrogens with zero attached hydrogens (tertiary/aromatic N) is 2. The fourth-order valence-electron chi connectivity index (χ4n) is 2.49. The van der Waals surface area contributed by atoms with Crippen LogP contribution in [0.2, 0.25) is 0 Å². The van der Waals surface area contributed by atoms with Gasteiger partial charge in [-0.15, -0.1) is 0 Å². The highest BCUT2D eigenvalue weighted by Gasteiger charge is 2.23. The molecule has 1 aromatic rings. The van der Waals surface area contributed by atoms with E-state index in [4.69, 9.17) is 0 Å². The van der Waals surface area contributed by atoms with Crippen LogP contribution in [0.25, 0.3) is 0 Å². The smallest absolute Gasteiger partial charge is 0.241 e. The van der Waals surface area contributed by atoms with Crippen LogP contribution < -0.4 is 10.2 Å². The van der Waals surface area contributed by atoms with Gasteiger partial charge in [-0.2, -0.15) is 0 Å². The van der Waals surface area contributed by atoms with Crippen LogP contribution in [0, 0.1) is 0 Å². The first-order valence-electron chi connectivity index (χ1n) is 7.02. The van der Waals surface area contributed by atoms with Crippen LogP contribution in [0.1, 0.15) is 13.8 Å². The van der Waals surface area contributed by atoms with E-state index in [1.165, 1.54) is 0 Å². The van der Waals surface area contributed by atoms with Gasteiger partial charge in [0.2, 0.25) is 5.91 Å². The van der Waals surface area contributed by atoms with Crippen molar-refractivity contribution in [2.24, 2.45) is 0 Å². The molecule has 0 saturated carbocycles. The summed E-state index contributed by atoms with van der Waals surface area (Å²) in [5, 5.41) is 3.35. The number of hydrogen-bond acceptors (Lipinski definition) is 3. The summed E-state index contributed by atoms with van der Waals surface area (Å²) in [4.78, 5) is 16.6. The van der Waals surface area contributed by atoms with Crippen LogP contribution in [-0.4, -0.2) is 49.6 Å². The van der Waals surface area contributed by atoms with Crippen molar-refractivity contribution in [2.75, 3.05) is 37.6 Å². The Kier molecular flexibility index (Phi) is 4.93. The van der Waals surface area contributed by atoms with E-state index in [-0.39, 0.29) is 5.91 Å². The normalized spacial score (nSPS) is 20.2. The number of nitrogens with one attached hydrogen (secondary N) is 1. The molecule has 104 valence electrons. The standard InChI is InChI=1S/C15H23N3O/c1-3-18(14-7-5-4-6-8-14)15(19)12-17-10-9-16-11-13(17)2/h4-8,13,16H,3,9-12H2,1-2H3/t13-/m0/s1. The summed E-state index contributed by atoms with van der Waals surface area (Å²) in [6.45, 7) is 8.28. The highest BCUT2D eigenvalue weighted by atomic mass is 16.2. The second-order valence-corrected chi connectivity index (χ2v) is 5.00. The van der Waals surface area contributed by atoms with E-state index in [1.54, 1.807) is 0 Å². The Morgan fingerprint density at radius 1 is 1.42 bits per heavy atom. The molecule has 0 aromatic heterocycles. The van der Waals surface area contributed by atoms with Crippen molar-refractivity contribution < 1.29 is 4.79 Å². The van der Waals surface area contributed by atoms with Gasteiger partial charge in [0.05, 0.1) is 6.54 Å². The van der Waals surface area contributed by atoms with E-state index in [1.807, 2.05) is 42.2 Å². The van der Waals surface area contributed by atoms with E-state index in [0.717, 1.165) is 25.3 Å². The average molecular weight is 261 g/mol. The number of benzene rings is 1. The fraction of sp³-hybridized carbons (Fsp3) is 0.533. The predicted octanol–water partition coefficient (Wildman–Crippen LogP) is 1.33. The molecule has 4 heteroatoms. The van der Waals surface area contributed by atoms with Gasteiger partial charge in [0.1, 0.15) is 0 Å². The summed E-state index contributed by atoms with van der Waals surface area (Å²) in [5.41, 5.74) is 0.984. The zero-order chi connectivity index (χ0) is 13.7. The number of likely N-dealkylation sites (N-methyl/N-ethyl adjacent to an activating group) is 1. The molecule has 4 nitrogen and oxygen atoms in total. The van der Waals surface area contributed by atoms with Crippen molar-refractivity contribution in [3.05, 3.63) is 30.3 Å². The molecule has 1 aromatic carbocycles. The van der Waals surface area contributed by atoms with E-state index < -0.39 is 0 Å². The van der Waals surface area contributed by atoms with Gasteiger partial charge in [-0.1, -0.05) is 18.2 Å². The second-order valence-electron chi connectivity index (χ2n) is 5.00. The van der Waals surface area contributed by atoms with E-state index >= 15 is 0 Å². The minimum absolute atomic E-state index is 0.183. The number of hydrogen-bond donors (Lipinski definition) is 1. The van der Waals surface area contributed by atoms with Gasteiger partial charge < -0.3 is 10.2 Å². The Balaban J connectivity index is 2.01. The maximum Gasteiger partial charge on any atom is 0.241 e. The van der Waals surface area contributed by atoms with Crippen LogP contribution in [0.4, 0.5) is 5.69 Å². The van der Waals surface area contributed by atoms with Gasteiger partial charge >= 0.3 is 0 Å². The molecule has 0 bridgehead atoms. The van der Waals surface area contributed by atoms with Crippen molar-refractivity contribution >= 4 is 11.6 Å². The first-order valence-corrected chi connectivity index (χ1v) is 7.02. The number of carbonyl (C=O) groups excluding carboxylic acids is 1. The maximum atomic E-state index is 12.5. The summed E-state index contributed by atoms with van der Waals surface area (Å²) in [5.74, 6) is 0.183. The van der Waals surface area contributed by atoms with Crippen molar-refractivity contribution in [2.45, 2.75) is 19.9 Å². The summed E-state index contributed by atoms with van der Waals surface area (Å²) in [6.07, 6.45) is 0. The van der Waals surface area contributed by atoms with E-state index in [9.17, 15) is 4.79 Å². The minimum Gasteiger partial charge on any atom is -0.314 e. The number of rotatable bonds is 4. The lowest BCUT2D eigenvalue weighted by Crippen LogP contribution is -2.53. The van der Waals surface area contributed by atoms with Crippen molar-refractivity contribution in [3.63, 3.8) is 0 Å². The zero-order valence-electron chi connectivity index (χ0n) is 11.8. The van der Waals surface area contributed by atoms with E-state index in [2.05, 4.69) is 17.1 Å². The van der Waals surface area contributed by atoms with Crippen molar-refractivity contribution in [1.82, 2.24) is 10.2 Å². The molecule has 1 N–H and O–H groups in total. The number of carbonyl (C=O) groups is 1. The fourth-order valence-corrected chi connectivity index (χ4v) is 2.49. The van der Waals surface area contributed by atoms with Crippen LogP contribution in [0.15, 0.2) is 30.3 Å². The largest absolute Gasteiger partial charge is 0.314 e.